The second-order valence-electron chi connectivity index (χ2n) is 4.52. The maximum Gasteiger partial charge on any atom is 0.239 e. The predicted octanol–water partition coefficient (Wildman–Crippen LogP) is 2.69. The second-order valence-corrected chi connectivity index (χ2v) is 5.71. The van der Waals surface area contributed by atoms with Gasteiger partial charge in [0.1, 0.15) is 0 Å². The summed E-state index contributed by atoms with van der Waals surface area (Å²) in [5, 5.41) is 11.9. The summed E-state index contributed by atoms with van der Waals surface area (Å²) in [6, 6.07) is 0. The van der Waals surface area contributed by atoms with Gasteiger partial charge in [0.15, 0.2) is 5.17 Å². The van der Waals surface area contributed by atoms with Crippen LogP contribution in [0.2, 0.25) is 0 Å². The minimum atomic E-state index is 0.0393. The van der Waals surface area contributed by atoms with Crippen LogP contribution in [0, 0.1) is 0 Å². The number of unbranched alkanes of at least 4 members (excludes halogenated alkanes) is 1. The van der Waals surface area contributed by atoms with Gasteiger partial charge in [0, 0.05) is 5.71 Å². The average molecular weight is 253 g/mol. The molecule has 5 heteroatoms. The van der Waals surface area contributed by atoms with Gasteiger partial charge < -0.3 is 5.32 Å². The van der Waals surface area contributed by atoms with Crippen LogP contribution in [0.5, 0.6) is 0 Å². The number of thioether (sulfide) groups is 1. The molecule has 94 valence electrons. The summed E-state index contributed by atoms with van der Waals surface area (Å²) in [5.41, 5.74) is 1.17. The van der Waals surface area contributed by atoms with Crippen molar-refractivity contribution in [2.24, 2.45) is 10.2 Å². The first-order valence-corrected chi connectivity index (χ1v) is 7.28. The van der Waals surface area contributed by atoms with Crippen LogP contribution < -0.4 is 5.32 Å². The Hall–Kier alpha value is -0.840. The van der Waals surface area contributed by atoms with E-state index in [2.05, 4.69) is 22.4 Å². The zero-order chi connectivity index (χ0) is 12.1. The van der Waals surface area contributed by atoms with Gasteiger partial charge in [-0.1, -0.05) is 31.5 Å². The molecule has 1 aliphatic heterocycles. The molecule has 0 bridgehead atoms. The van der Waals surface area contributed by atoms with Crippen molar-refractivity contribution in [1.82, 2.24) is 5.32 Å². The maximum absolute atomic E-state index is 11.6. The van der Waals surface area contributed by atoms with E-state index in [-0.39, 0.29) is 11.2 Å². The fourth-order valence-corrected chi connectivity index (χ4v) is 3.00. The third kappa shape index (κ3) is 3.56. The molecule has 0 radical (unpaired) electrons. The predicted molar refractivity (Wildman–Crippen MR) is 72.4 cm³/mol. The van der Waals surface area contributed by atoms with Gasteiger partial charge in [-0.05, 0) is 32.1 Å². The first-order valence-electron chi connectivity index (χ1n) is 6.40. The molecule has 0 aromatic rings. The maximum atomic E-state index is 11.6. The standard InChI is InChI=1S/C12H19N3OS/c1-2-3-8-10-11(16)13-12(17-10)15-14-9-6-4-5-7-9/h10H,2-8H2,1H3,(H,13,15,16). The number of nitrogens with zero attached hydrogens (tertiary/aromatic N) is 2. The molecule has 1 saturated heterocycles. The number of nitrogens with one attached hydrogen (secondary N) is 1. The highest BCUT2D eigenvalue weighted by atomic mass is 32.2. The number of rotatable bonds is 4. The molecule has 2 aliphatic rings. The van der Waals surface area contributed by atoms with Crippen LogP contribution in [0.4, 0.5) is 0 Å². The highest BCUT2D eigenvalue weighted by Gasteiger charge is 2.29. The van der Waals surface area contributed by atoms with Gasteiger partial charge in [0.25, 0.3) is 0 Å². The zero-order valence-corrected chi connectivity index (χ0v) is 11.1. The van der Waals surface area contributed by atoms with Crippen LogP contribution in [0.15, 0.2) is 10.2 Å². The third-order valence-corrected chi connectivity index (χ3v) is 4.20. The van der Waals surface area contributed by atoms with Crippen LogP contribution >= 0.6 is 11.8 Å². The summed E-state index contributed by atoms with van der Waals surface area (Å²) in [6.07, 6.45) is 7.72. The van der Waals surface area contributed by atoms with Crippen LogP contribution in [0.3, 0.4) is 0 Å². The Morgan fingerprint density at radius 2 is 2.12 bits per heavy atom. The van der Waals surface area contributed by atoms with Crippen molar-refractivity contribution in [3.05, 3.63) is 0 Å². The van der Waals surface area contributed by atoms with Crippen molar-refractivity contribution < 1.29 is 4.79 Å². The van der Waals surface area contributed by atoms with Crippen molar-refractivity contribution in [2.75, 3.05) is 0 Å². The van der Waals surface area contributed by atoms with Gasteiger partial charge in [-0.3, -0.25) is 4.79 Å². The van der Waals surface area contributed by atoms with E-state index in [0.29, 0.717) is 5.17 Å². The molecule has 0 spiro atoms. The summed E-state index contributed by atoms with van der Waals surface area (Å²) in [7, 11) is 0. The largest absolute Gasteiger partial charge is 0.303 e. The van der Waals surface area contributed by atoms with Gasteiger partial charge in [-0.25, -0.2) is 0 Å². The van der Waals surface area contributed by atoms with Crippen LogP contribution in [0.25, 0.3) is 0 Å². The van der Waals surface area contributed by atoms with E-state index < -0.39 is 0 Å². The molecule has 1 amide bonds. The van der Waals surface area contributed by atoms with Gasteiger partial charge in [0.2, 0.25) is 5.91 Å². The molecule has 2 fully saturated rings. The van der Waals surface area contributed by atoms with E-state index >= 15 is 0 Å². The Balaban J connectivity index is 1.89. The third-order valence-electron chi connectivity index (χ3n) is 3.06. The Morgan fingerprint density at radius 1 is 1.35 bits per heavy atom. The lowest BCUT2D eigenvalue weighted by Gasteiger charge is -2.01. The number of amides is 1. The van der Waals surface area contributed by atoms with Crippen LogP contribution in [0.1, 0.15) is 51.9 Å². The van der Waals surface area contributed by atoms with E-state index in [1.54, 1.807) is 0 Å². The Labute approximate surface area is 106 Å². The zero-order valence-electron chi connectivity index (χ0n) is 10.2. The first-order chi connectivity index (χ1) is 8.29. The minimum absolute atomic E-state index is 0.0393. The highest BCUT2D eigenvalue weighted by Crippen LogP contribution is 2.24. The van der Waals surface area contributed by atoms with Crippen LogP contribution in [-0.2, 0) is 4.79 Å². The Kier molecular flexibility index (Phi) is 4.59. The van der Waals surface area contributed by atoms with Gasteiger partial charge in [-0.15, -0.1) is 5.10 Å². The smallest absolute Gasteiger partial charge is 0.239 e. The highest BCUT2D eigenvalue weighted by molar-refractivity contribution is 8.15. The normalized spacial score (nSPS) is 26.6. The van der Waals surface area contributed by atoms with Crippen molar-refractivity contribution >= 4 is 28.5 Å². The Morgan fingerprint density at radius 3 is 2.82 bits per heavy atom. The number of hydrogen-bond acceptors (Lipinski definition) is 4. The van der Waals surface area contributed by atoms with E-state index in [9.17, 15) is 4.79 Å². The molecular formula is C12H19N3OS. The summed E-state index contributed by atoms with van der Waals surface area (Å²) in [4.78, 5) is 11.6. The van der Waals surface area contributed by atoms with Crippen molar-refractivity contribution in [3.63, 3.8) is 0 Å². The van der Waals surface area contributed by atoms with Crippen molar-refractivity contribution in [2.45, 2.75) is 57.1 Å². The molecular weight excluding hydrogens is 234 g/mol. The summed E-state index contributed by atoms with van der Waals surface area (Å²) in [6.45, 7) is 2.14. The van der Waals surface area contributed by atoms with Crippen molar-refractivity contribution in [1.29, 1.82) is 0 Å². The van der Waals surface area contributed by atoms with Crippen LogP contribution in [-0.4, -0.2) is 22.0 Å². The topological polar surface area (TPSA) is 53.8 Å². The van der Waals surface area contributed by atoms with Crippen molar-refractivity contribution in [3.8, 4) is 0 Å². The summed E-state index contributed by atoms with van der Waals surface area (Å²) >= 11 is 1.52. The molecule has 4 nitrogen and oxygen atoms in total. The fourth-order valence-electron chi connectivity index (χ4n) is 2.03. The quantitative estimate of drug-likeness (QED) is 0.783. The van der Waals surface area contributed by atoms with Gasteiger partial charge in [0.05, 0.1) is 5.25 Å². The molecule has 2 rings (SSSR count). The number of carbonyl (C=O) groups excluding carboxylic acids is 1. The molecule has 0 aromatic carbocycles. The van der Waals surface area contributed by atoms with E-state index in [0.717, 1.165) is 32.1 Å². The Bertz CT molecular complexity index is 344. The lowest BCUT2D eigenvalue weighted by molar-refractivity contribution is -0.118. The number of carbonyl (C=O) groups is 1. The number of amidine groups is 1. The summed E-state index contributed by atoms with van der Waals surface area (Å²) < 4.78 is 0. The lowest BCUT2D eigenvalue weighted by Crippen LogP contribution is -2.24. The van der Waals surface area contributed by atoms with Gasteiger partial charge >= 0.3 is 0 Å². The first kappa shape index (κ1) is 12.6. The molecule has 1 atom stereocenters. The molecule has 1 saturated carbocycles. The SMILES string of the molecule is CCCCC1S/C(=N\N=C2CCCC2)NC1=O. The van der Waals surface area contributed by atoms with E-state index in [4.69, 9.17) is 0 Å². The molecule has 1 unspecified atom stereocenters. The molecule has 1 aliphatic carbocycles. The molecule has 1 N–H and O–H groups in total. The monoisotopic (exact) mass is 253 g/mol. The summed E-state index contributed by atoms with van der Waals surface area (Å²) in [5.74, 6) is 0.0915. The fraction of sp³-hybridized carbons (Fsp3) is 0.750. The number of hydrogen-bond donors (Lipinski definition) is 1. The van der Waals surface area contributed by atoms with E-state index in [1.807, 2.05) is 0 Å². The molecule has 1 heterocycles. The molecule has 0 aromatic heterocycles. The minimum Gasteiger partial charge on any atom is -0.303 e. The van der Waals surface area contributed by atoms with E-state index in [1.165, 1.54) is 30.3 Å². The average Bonchev–Trinajstić information content (AvgIpc) is 2.93. The van der Waals surface area contributed by atoms with Gasteiger partial charge in [-0.2, -0.15) is 5.10 Å². The molecule has 17 heavy (non-hydrogen) atoms. The second kappa shape index (κ2) is 6.19. The lowest BCUT2D eigenvalue weighted by atomic mass is 10.2.